The normalized spacial score (nSPS) is 22.2. The summed E-state index contributed by atoms with van der Waals surface area (Å²) in [6, 6.07) is 2.29. The molecule has 0 radical (unpaired) electrons. The molecule has 2 rings (SSSR count). The van der Waals surface area contributed by atoms with Crippen LogP contribution in [0.1, 0.15) is 25.8 Å². The number of piperidine rings is 1. The monoisotopic (exact) mass is 370 g/mol. The Morgan fingerprint density at radius 3 is 2.55 bits per heavy atom. The van der Waals surface area contributed by atoms with Crippen molar-refractivity contribution in [3.63, 3.8) is 0 Å². The summed E-state index contributed by atoms with van der Waals surface area (Å²) in [6.45, 7) is 6.07. The molecule has 1 aromatic carbocycles. The van der Waals surface area contributed by atoms with Crippen molar-refractivity contribution >= 4 is 34.0 Å². The summed E-state index contributed by atoms with van der Waals surface area (Å²) >= 11 is 5.93. The number of hydrogen-bond donors (Lipinski definition) is 1. The summed E-state index contributed by atoms with van der Waals surface area (Å²) < 4.78 is 40.3. The van der Waals surface area contributed by atoms with E-state index in [0.717, 1.165) is 6.07 Å². The Kier molecular flexibility index (Phi) is 5.90. The van der Waals surface area contributed by atoms with Crippen LogP contribution in [0.2, 0.25) is 5.02 Å². The largest absolute Gasteiger partial charge is 0.327 e. The third kappa shape index (κ3) is 3.57. The molecule has 0 amide bonds. The van der Waals surface area contributed by atoms with Gasteiger partial charge in [-0.3, -0.25) is 0 Å². The van der Waals surface area contributed by atoms with Gasteiger partial charge in [-0.2, -0.15) is 4.31 Å². The van der Waals surface area contributed by atoms with Gasteiger partial charge < -0.3 is 5.73 Å². The summed E-state index contributed by atoms with van der Waals surface area (Å²) in [5.41, 5.74) is 5.98. The van der Waals surface area contributed by atoms with E-state index in [1.165, 1.54) is 17.3 Å². The number of hydrogen-bond acceptors (Lipinski definition) is 3. The lowest BCUT2D eigenvalue weighted by molar-refractivity contribution is 0.155. The predicted octanol–water partition coefficient (Wildman–Crippen LogP) is 2.96. The van der Waals surface area contributed by atoms with Gasteiger partial charge in [0.2, 0.25) is 10.0 Å². The first-order chi connectivity index (χ1) is 9.55. The summed E-state index contributed by atoms with van der Waals surface area (Å²) in [6.07, 6.45) is 0.587. The minimum absolute atomic E-state index is 0. The fraction of sp³-hybridized carbons (Fsp3) is 0.571. The van der Waals surface area contributed by atoms with Crippen molar-refractivity contribution in [2.24, 2.45) is 11.1 Å². The average Bonchev–Trinajstić information content (AvgIpc) is 2.36. The van der Waals surface area contributed by atoms with Crippen LogP contribution in [0.25, 0.3) is 0 Å². The van der Waals surface area contributed by atoms with E-state index in [9.17, 15) is 12.8 Å². The summed E-state index contributed by atoms with van der Waals surface area (Å²) in [7, 11) is -3.75. The molecule has 0 aliphatic carbocycles. The van der Waals surface area contributed by atoms with E-state index in [4.69, 9.17) is 17.3 Å². The van der Waals surface area contributed by atoms with Crippen LogP contribution in [0.4, 0.5) is 4.39 Å². The second kappa shape index (κ2) is 6.61. The standard InChI is InChI=1S/C14H20ClFN2O2S.ClH/c1-9-6-12(10(15)7-11(9)16)21(19,20)18-5-4-13(17)14(2,3)8-18;/h6-7,13H,4-5,8,17H2,1-3H3;1H. The van der Waals surface area contributed by atoms with E-state index in [1.54, 1.807) is 0 Å². The van der Waals surface area contributed by atoms with Gasteiger partial charge in [0.05, 0.1) is 5.02 Å². The van der Waals surface area contributed by atoms with E-state index in [0.29, 0.717) is 19.5 Å². The van der Waals surface area contributed by atoms with Gasteiger partial charge in [-0.25, -0.2) is 12.8 Å². The molecular weight excluding hydrogens is 350 g/mol. The van der Waals surface area contributed by atoms with Crippen LogP contribution >= 0.6 is 24.0 Å². The Balaban J connectivity index is 0.00000242. The van der Waals surface area contributed by atoms with Crippen LogP contribution in [0, 0.1) is 18.2 Å². The highest BCUT2D eigenvalue weighted by atomic mass is 35.5. The summed E-state index contributed by atoms with van der Waals surface area (Å²) in [5.74, 6) is -0.514. The zero-order chi connectivity index (χ0) is 16.0. The molecule has 0 saturated carbocycles. The fourth-order valence-electron chi connectivity index (χ4n) is 2.50. The first-order valence-corrected chi connectivity index (χ1v) is 8.59. The third-order valence-electron chi connectivity index (χ3n) is 4.11. The minimum Gasteiger partial charge on any atom is -0.327 e. The first-order valence-electron chi connectivity index (χ1n) is 6.77. The number of nitrogens with two attached hydrogens (primary N) is 1. The average molecular weight is 371 g/mol. The van der Waals surface area contributed by atoms with Crippen LogP contribution in [0.3, 0.4) is 0 Å². The molecule has 0 bridgehead atoms. The van der Waals surface area contributed by atoms with Gasteiger partial charge in [0.25, 0.3) is 0 Å². The highest BCUT2D eigenvalue weighted by molar-refractivity contribution is 7.89. The molecule has 1 unspecified atom stereocenters. The fourth-order valence-corrected chi connectivity index (χ4v) is 4.70. The van der Waals surface area contributed by atoms with Gasteiger partial charge in [0.15, 0.2) is 0 Å². The second-order valence-corrected chi connectivity index (χ2v) is 8.57. The Bertz CT molecular complexity index is 665. The molecule has 1 heterocycles. The molecule has 126 valence electrons. The highest BCUT2D eigenvalue weighted by Crippen LogP contribution is 2.34. The number of halogens is 3. The van der Waals surface area contributed by atoms with E-state index in [2.05, 4.69) is 0 Å². The van der Waals surface area contributed by atoms with Gasteiger partial charge in [0, 0.05) is 19.1 Å². The van der Waals surface area contributed by atoms with Gasteiger partial charge in [0.1, 0.15) is 10.7 Å². The van der Waals surface area contributed by atoms with Crippen molar-refractivity contribution in [1.82, 2.24) is 4.31 Å². The quantitative estimate of drug-likeness (QED) is 0.870. The number of aryl methyl sites for hydroxylation is 1. The maximum Gasteiger partial charge on any atom is 0.244 e. The Labute approximate surface area is 142 Å². The molecule has 22 heavy (non-hydrogen) atoms. The molecule has 8 heteroatoms. The maximum absolute atomic E-state index is 13.5. The molecule has 1 atom stereocenters. The van der Waals surface area contributed by atoms with Crippen molar-refractivity contribution in [3.8, 4) is 0 Å². The van der Waals surface area contributed by atoms with Crippen LogP contribution in [-0.4, -0.2) is 31.9 Å². The van der Waals surface area contributed by atoms with Gasteiger partial charge >= 0.3 is 0 Å². The van der Waals surface area contributed by atoms with E-state index >= 15 is 0 Å². The van der Waals surface area contributed by atoms with Crippen LogP contribution in [0.15, 0.2) is 17.0 Å². The molecule has 1 aliphatic heterocycles. The lowest BCUT2D eigenvalue weighted by Crippen LogP contribution is -2.53. The molecule has 0 aromatic heterocycles. The first kappa shape index (κ1) is 19.6. The Hall–Kier alpha value is -0.400. The van der Waals surface area contributed by atoms with Crippen molar-refractivity contribution < 1.29 is 12.8 Å². The van der Waals surface area contributed by atoms with E-state index in [-0.39, 0.29) is 39.3 Å². The lowest BCUT2D eigenvalue weighted by Gasteiger charge is -2.41. The minimum atomic E-state index is -3.75. The molecule has 4 nitrogen and oxygen atoms in total. The molecule has 1 aliphatic rings. The maximum atomic E-state index is 13.5. The van der Waals surface area contributed by atoms with Crippen molar-refractivity contribution in [2.75, 3.05) is 13.1 Å². The van der Waals surface area contributed by atoms with E-state index < -0.39 is 15.8 Å². The van der Waals surface area contributed by atoms with Crippen molar-refractivity contribution in [3.05, 3.63) is 28.5 Å². The number of nitrogens with zero attached hydrogens (tertiary/aromatic N) is 1. The molecule has 1 saturated heterocycles. The zero-order valence-corrected chi connectivity index (χ0v) is 15.2. The molecule has 0 spiro atoms. The molecular formula is C14H21Cl2FN2O2S. The second-order valence-electron chi connectivity index (χ2n) is 6.25. The van der Waals surface area contributed by atoms with Gasteiger partial charge in [-0.05, 0) is 36.5 Å². The van der Waals surface area contributed by atoms with Gasteiger partial charge in [-0.15, -0.1) is 12.4 Å². The summed E-state index contributed by atoms with van der Waals surface area (Å²) in [5, 5.41) is -0.0919. The Morgan fingerprint density at radius 1 is 1.41 bits per heavy atom. The molecule has 1 aromatic rings. The molecule has 1 fully saturated rings. The number of benzene rings is 1. The van der Waals surface area contributed by atoms with Crippen LogP contribution < -0.4 is 5.73 Å². The van der Waals surface area contributed by atoms with Crippen LogP contribution in [-0.2, 0) is 10.0 Å². The van der Waals surface area contributed by atoms with Crippen LogP contribution in [0.5, 0.6) is 0 Å². The number of sulfonamides is 1. The predicted molar refractivity (Wildman–Crippen MR) is 88.5 cm³/mol. The summed E-state index contributed by atoms with van der Waals surface area (Å²) in [4.78, 5) is -0.0469. The van der Waals surface area contributed by atoms with Gasteiger partial charge in [-0.1, -0.05) is 25.4 Å². The van der Waals surface area contributed by atoms with E-state index in [1.807, 2.05) is 13.8 Å². The third-order valence-corrected chi connectivity index (χ3v) is 6.42. The topological polar surface area (TPSA) is 63.4 Å². The lowest BCUT2D eigenvalue weighted by atomic mass is 9.81. The van der Waals surface area contributed by atoms with Crippen molar-refractivity contribution in [2.45, 2.75) is 38.1 Å². The highest BCUT2D eigenvalue weighted by Gasteiger charge is 2.39. The SMILES string of the molecule is Cc1cc(S(=O)(=O)N2CCC(N)C(C)(C)C2)c(Cl)cc1F.Cl. The molecule has 2 N–H and O–H groups in total. The zero-order valence-electron chi connectivity index (χ0n) is 12.8. The van der Waals surface area contributed by atoms with Crippen molar-refractivity contribution in [1.29, 1.82) is 0 Å². The smallest absolute Gasteiger partial charge is 0.244 e. The Morgan fingerprint density at radius 2 is 2.00 bits per heavy atom. The number of rotatable bonds is 2.